The number of alkyl halides is 3. The maximum atomic E-state index is 13.1. The number of aromatic nitrogens is 1. The highest BCUT2D eigenvalue weighted by molar-refractivity contribution is 6.40. The summed E-state index contributed by atoms with van der Waals surface area (Å²) in [5.41, 5.74) is -0.218. The van der Waals surface area contributed by atoms with E-state index in [-0.39, 0.29) is 24.0 Å². The highest BCUT2D eigenvalue weighted by Crippen LogP contribution is 2.32. The molecule has 0 unspecified atom stereocenters. The van der Waals surface area contributed by atoms with E-state index >= 15 is 0 Å². The standard InChI is InChI=1S/C28H23Cl2F3N4O2/c1-27(2,38)15-39-23-13-21(17-9-12-22(35-14-17)28(31,32)33)36-26(37-23)24(16-7-10-18(29)11-8-16)25(34)19-5-3-4-6-20(19)30/h3-14,34,36,38H,15H2,1-2H3/b26-24+,34-25?. The molecule has 6 nitrogen and oxygen atoms in total. The number of aliphatic hydroxyl groups is 1. The van der Waals surface area contributed by atoms with Gasteiger partial charge < -0.3 is 15.2 Å². The zero-order valence-electron chi connectivity index (χ0n) is 20.8. The summed E-state index contributed by atoms with van der Waals surface area (Å²) < 4.78 is 45.0. The molecular formula is C28H23Cl2F3N4O2. The van der Waals surface area contributed by atoms with Crippen molar-refractivity contribution in [2.24, 2.45) is 4.99 Å². The Morgan fingerprint density at radius 2 is 1.72 bits per heavy atom. The molecule has 4 rings (SSSR count). The van der Waals surface area contributed by atoms with Crippen molar-refractivity contribution in [2.75, 3.05) is 6.61 Å². The van der Waals surface area contributed by atoms with Crippen LogP contribution in [0.1, 0.15) is 36.2 Å². The molecule has 0 saturated carbocycles. The lowest BCUT2D eigenvalue weighted by atomic mass is 9.95. The molecule has 1 aliphatic rings. The van der Waals surface area contributed by atoms with Crippen LogP contribution in [0.5, 0.6) is 0 Å². The molecule has 0 radical (unpaired) electrons. The molecule has 0 aliphatic carbocycles. The minimum Gasteiger partial charge on any atom is -0.475 e. The summed E-state index contributed by atoms with van der Waals surface area (Å²) in [6.45, 7) is 3.00. The van der Waals surface area contributed by atoms with Crippen molar-refractivity contribution < 1.29 is 23.0 Å². The van der Waals surface area contributed by atoms with Gasteiger partial charge in [0.1, 0.15) is 18.1 Å². The molecule has 3 N–H and O–H groups in total. The first-order chi connectivity index (χ1) is 18.3. The minimum absolute atomic E-state index is 0.0304. The average Bonchev–Trinajstić information content (AvgIpc) is 2.88. The van der Waals surface area contributed by atoms with Crippen LogP contribution >= 0.6 is 23.2 Å². The predicted octanol–water partition coefficient (Wildman–Crippen LogP) is 6.97. The van der Waals surface area contributed by atoms with Gasteiger partial charge >= 0.3 is 6.18 Å². The lowest BCUT2D eigenvalue weighted by Gasteiger charge is -2.24. The number of nitrogens with one attached hydrogen (secondary N) is 2. The van der Waals surface area contributed by atoms with Crippen LogP contribution in [-0.2, 0) is 10.9 Å². The van der Waals surface area contributed by atoms with Crippen molar-refractivity contribution in [1.82, 2.24) is 10.3 Å². The zero-order chi connectivity index (χ0) is 28.4. The van der Waals surface area contributed by atoms with Crippen molar-refractivity contribution in [3.63, 3.8) is 0 Å². The molecule has 11 heteroatoms. The van der Waals surface area contributed by atoms with Gasteiger partial charge in [-0.05, 0) is 49.7 Å². The Balaban J connectivity index is 1.88. The van der Waals surface area contributed by atoms with Crippen LogP contribution in [0.3, 0.4) is 0 Å². The van der Waals surface area contributed by atoms with Crippen LogP contribution in [0, 0.1) is 5.41 Å². The van der Waals surface area contributed by atoms with Gasteiger partial charge in [-0.1, -0.05) is 53.5 Å². The molecule has 2 heterocycles. The third-order valence-electron chi connectivity index (χ3n) is 5.44. The molecule has 1 aromatic heterocycles. The van der Waals surface area contributed by atoms with Crippen molar-refractivity contribution in [3.05, 3.63) is 111 Å². The van der Waals surface area contributed by atoms with Gasteiger partial charge in [-0.2, -0.15) is 18.2 Å². The summed E-state index contributed by atoms with van der Waals surface area (Å²) in [5, 5.41) is 23.2. The maximum absolute atomic E-state index is 13.1. The Labute approximate surface area is 233 Å². The summed E-state index contributed by atoms with van der Waals surface area (Å²) in [7, 11) is 0. The van der Waals surface area contributed by atoms with E-state index in [1.54, 1.807) is 62.4 Å². The number of pyridine rings is 1. The lowest BCUT2D eigenvalue weighted by Crippen LogP contribution is -2.29. The van der Waals surface area contributed by atoms with Crippen LogP contribution in [0.4, 0.5) is 13.2 Å². The van der Waals surface area contributed by atoms with Crippen LogP contribution < -0.4 is 5.32 Å². The van der Waals surface area contributed by atoms with Gasteiger partial charge in [-0.15, -0.1) is 0 Å². The SMILES string of the molecule is CC(C)(O)COC1=N/C(=C(/C(=N)c2ccccc2Cl)c2ccc(Cl)cc2)NC(c2ccc(C(F)(F)F)nc2)=C1. The first-order valence-electron chi connectivity index (χ1n) is 11.6. The molecule has 0 atom stereocenters. The van der Waals surface area contributed by atoms with Crippen molar-refractivity contribution >= 4 is 46.1 Å². The number of hydrogen-bond acceptors (Lipinski definition) is 6. The van der Waals surface area contributed by atoms with Gasteiger partial charge in [0, 0.05) is 33.4 Å². The van der Waals surface area contributed by atoms with Crippen molar-refractivity contribution in [3.8, 4) is 0 Å². The van der Waals surface area contributed by atoms with E-state index < -0.39 is 17.5 Å². The molecule has 39 heavy (non-hydrogen) atoms. The smallest absolute Gasteiger partial charge is 0.433 e. The predicted molar refractivity (Wildman–Crippen MR) is 147 cm³/mol. The molecular weight excluding hydrogens is 552 g/mol. The van der Waals surface area contributed by atoms with E-state index in [1.165, 1.54) is 12.1 Å². The highest BCUT2D eigenvalue weighted by Gasteiger charge is 2.32. The normalized spacial score (nSPS) is 15.2. The largest absolute Gasteiger partial charge is 0.475 e. The fourth-order valence-corrected chi connectivity index (χ4v) is 3.95. The first kappa shape index (κ1) is 28.4. The molecule has 0 bridgehead atoms. The molecule has 3 aromatic rings. The molecule has 0 saturated heterocycles. The Morgan fingerprint density at radius 3 is 2.31 bits per heavy atom. The number of ether oxygens (including phenoxy) is 1. The minimum atomic E-state index is -4.59. The van der Waals surface area contributed by atoms with Crippen molar-refractivity contribution in [2.45, 2.75) is 25.6 Å². The van der Waals surface area contributed by atoms with E-state index in [9.17, 15) is 18.3 Å². The average molecular weight is 575 g/mol. The van der Waals surface area contributed by atoms with E-state index in [2.05, 4.69) is 15.3 Å². The molecule has 1 aliphatic heterocycles. The second kappa shape index (κ2) is 11.2. The van der Waals surface area contributed by atoms with E-state index in [0.717, 1.165) is 12.3 Å². The topological polar surface area (TPSA) is 90.6 Å². The van der Waals surface area contributed by atoms with Gasteiger partial charge in [-0.3, -0.25) is 10.4 Å². The van der Waals surface area contributed by atoms with Gasteiger partial charge in [-0.25, -0.2) is 0 Å². The number of hydrogen-bond donors (Lipinski definition) is 3. The monoisotopic (exact) mass is 574 g/mol. The lowest BCUT2D eigenvalue weighted by molar-refractivity contribution is -0.141. The zero-order valence-corrected chi connectivity index (χ0v) is 22.3. The Hall–Kier alpha value is -3.66. The number of aliphatic imine (C=N–C) groups is 1. The molecule has 0 fully saturated rings. The summed E-state index contributed by atoms with van der Waals surface area (Å²) in [4.78, 5) is 8.10. The Kier molecular flexibility index (Phi) is 8.15. The van der Waals surface area contributed by atoms with Crippen LogP contribution in [-0.4, -0.2) is 33.9 Å². The number of allylic oxidation sites excluding steroid dienone is 1. The molecule has 0 spiro atoms. The third kappa shape index (κ3) is 7.06. The number of rotatable bonds is 6. The summed E-state index contributed by atoms with van der Waals surface area (Å²) >= 11 is 12.5. The molecule has 202 valence electrons. The van der Waals surface area contributed by atoms with Crippen molar-refractivity contribution in [1.29, 1.82) is 5.41 Å². The maximum Gasteiger partial charge on any atom is 0.433 e. The van der Waals surface area contributed by atoms with E-state index in [1.807, 2.05) is 0 Å². The fraction of sp³-hybridized carbons (Fsp3) is 0.179. The second-order valence-electron chi connectivity index (χ2n) is 9.25. The molecule has 0 amide bonds. The number of benzene rings is 2. The summed E-state index contributed by atoms with van der Waals surface area (Å²) in [5.74, 6) is 0.240. The Bertz CT molecular complexity index is 1470. The fourth-order valence-electron chi connectivity index (χ4n) is 3.59. The second-order valence-corrected chi connectivity index (χ2v) is 10.1. The Morgan fingerprint density at radius 1 is 1.03 bits per heavy atom. The number of halogens is 5. The summed E-state index contributed by atoms with van der Waals surface area (Å²) in [6.07, 6.45) is -2.02. The van der Waals surface area contributed by atoms with Crippen LogP contribution in [0.15, 0.2) is 83.7 Å². The van der Waals surface area contributed by atoms with Gasteiger partial charge in [0.15, 0.2) is 0 Å². The third-order valence-corrected chi connectivity index (χ3v) is 6.03. The number of nitrogens with zero attached hydrogens (tertiary/aromatic N) is 2. The molecule has 2 aromatic carbocycles. The van der Waals surface area contributed by atoms with E-state index in [0.29, 0.717) is 38.0 Å². The quantitative estimate of drug-likeness (QED) is 0.277. The van der Waals surface area contributed by atoms with Gasteiger partial charge in [0.05, 0.1) is 22.6 Å². The van der Waals surface area contributed by atoms with Crippen LogP contribution in [0.2, 0.25) is 10.0 Å². The summed E-state index contributed by atoms with van der Waals surface area (Å²) in [6, 6.07) is 15.7. The van der Waals surface area contributed by atoms with E-state index in [4.69, 9.17) is 33.3 Å². The van der Waals surface area contributed by atoms with Crippen LogP contribution in [0.25, 0.3) is 11.3 Å². The first-order valence-corrected chi connectivity index (χ1v) is 12.4. The van der Waals surface area contributed by atoms with Gasteiger partial charge in [0.25, 0.3) is 0 Å². The van der Waals surface area contributed by atoms with Gasteiger partial charge in [0.2, 0.25) is 5.90 Å². The highest BCUT2D eigenvalue weighted by atomic mass is 35.5.